The molecule has 0 bridgehead atoms. The molecule has 2 rings (SSSR count). The van der Waals surface area contributed by atoms with Crippen LogP contribution >= 0.6 is 0 Å². The maximum Gasteiger partial charge on any atom is 0.314 e. The maximum absolute atomic E-state index is 13.1. The fourth-order valence-electron chi connectivity index (χ4n) is 3.03. The van der Waals surface area contributed by atoms with Gasteiger partial charge in [-0.15, -0.1) is 0 Å². The fourth-order valence-corrected chi connectivity index (χ4v) is 6.11. The molecule has 0 aliphatic rings. The SMILES string of the molecule is CC(C)CN(C(=O)C(=O)C(=O)N(CC(C)C)S(=O)(=O)c1ccc(O)cc1)S(=O)(=O)c1ccccc1. The summed E-state index contributed by atoms with van der Waals surface area (Å²) in [5.74, 6) is -6.15. The van der Waals surface area contributed by atoms with E-state index in [4.69, 9.17) is 0 Å². The third kappa shape index (κ3) is 6.45. The Hall–Kier alpha value is -3.25. The summed E-state index contributed by atoms with van der Waals surface area (Å²) in [4.78, 5) is 38.4. The molecule has 35 heavy (non-hydrogen) atoms. The van der Waals surface area contributed by atoms with Gasteiger partial charge < -0.3 is 5.11 Å². The van der Waals surface area contributed by atoms with E-state index in [1.54, 1.807) is 33.8 Å². The van der Waals surface area contributed by atoms with Crippen LogP contribution in [-0.4, -0.2) is 61.2 Å². The Morgan fingerprint density at radius 1 is 0.686 bits per heavy atom. The van der Waals surface area contributed by atoms with E-state index in [1.165, 1.54) is 24.3 Å². The van der Waals surface area contributed by atoms with E-state index in [2.05, 4.69) is 0 Å². The van der Waals surface area contributed by atoms with Gasteiger partial charge in [0.05, 0.1) is 9.79 Å². The quantitative estimate of drug-likeness (QED) is 0.367. The molecular weight excluding hydrogens is 496 g/mol. The number of Topliss-reactive ketones (excluding diaryl/α,β-unsaturated/α-hetero) is 1. The van der Waals surface area contributed by atoms with E-state index >= 15 is 0 Å². The molecule has 190 valence electrons. The Morgan fingerprint density at radius 3 is 1.43 bits per heavy atom. The van der Waals surface area contributed by atoms with Gasteiger partial charge in [0.25, 0.3) is 20.0 Å². The summed E-state index contributed by atoms with van der Waals surface area (Å²) in [6.07, 6.45) is 0. The molecule has 1 N–H and O–H groups in total. The molecule has 0 atom stereocenters. The van der Waals surface area contributed by atoms with Crippen molar-refractivity contribution in [3.8, 4) is 5.75 Å². The van der Waals surface area contributed by atoms with Crippen molar-refractivity contribution >= 4 is 37.6 Å². The number of phenols is 1. The number of sulfonamides is 2. The molecule has 0 saturated heterocycles. The molecule has 12 heteroatoms. The van der Waals surface area contributed by atoms with Crippen LogP contribution in [0.3, 0.4) is 0 Å². The van der Waals surface area contributed by atoms with Gasteiger partial charge in [-0.05, 0) is 48.2 Å². The number of hydrogen-bond acceptors (Lipinski definition) is 8. The van der Waals surface area contributed by atoms with E-state index < -0.39 is 62.6 Å². The van der Waals surface area contributed by atoms with Crippen LogP contribution in [0.4, 0.5) is 0 Å². The second kappa shape index (κ2) is 11.0. The van der Waals surface area contributed by atoms with E-state index in [0.717, 1.165) is 24.3 Å². The Kier molecular flexibility index (Phi) is 8.79. The number of hydrogen-bond donors (Lipinski definition) is 1. The Morgan fingerprint density at radius 2 is 1.06 bits per heavy atom. The van der Waals surface area contributed by atoms with E-state index in [9.17, 15) is 36.3 Å². The topological polar surface area (TPSA) is 146 Å². The first-order valence-corrected chi connectivity index (χ1v) is 13.6. The fraction of sp³-hybridized carbons (Fsp3) is 0.348. The van der Waals surface area contributed by atoms with Crippen molar-refractivity contribution in [2.45, 2.75) is 37.5 Å². The van der Waals surface area contributed by atoms with Gasteiger partial charge in [-0.1, -0.05) is 45.9 Å². The van der Waals surface area contributed by atoms with Crippen molar-refractivity contribution in [2.24, 2.45) is 11.8 Å². The molecule has 0 fully saturated rings. The summed E-state index contributed by atoms with van der Waals surface area (Å²) < 4.78 is 53.1. The van der Waals surface area contributed by atoms with Gasteiger partial charge in [0.1, 0.15) is 5.75 Å². The van der Waals surface area contributed by atoms with Crippen molar-refractivity contribution < 1.29 is 36.3 Å². The van der Waals surface area contributed by atoms with Crippen LogP contribution in [0.15, 0.2) is 64.4 Å². The third-order valence-corrected chi connectivity index (χ3v) is 8.19. The van der Waals surface area contributed by atoms with Crippen LogP contribution in [0.25, 0.3) is 0 Å². The molecule has 0 unspecified atom stereocenters. The minimum absolute atomic E-state index is 0.215. The van der Waals surface area contributed by atoms with Gasteiger partial charge in [0.2, 0.25) is 0 Å². The van der Waals surface area contributed by atoms with Gasteiger partial charge in [-0.25, -0.2) is 25.4 Å². The normalized spacial score (nSPS) is 11.9. The zero-order valence-electron chi connectivity index (χ0n) is 19.8. The highest BCUT2D eigenvalue weighted by Gasteiger charge is 2.42. The number of ketones is 1. The van der Waals surface area contributed by atoms with Gasteiger partial charge in [-0.3, -0.25) is 14.4 Å². The van der Waals surface area contributed by atoms with Crippen molar-refractivity contribution in [1.29, 1.82) is 0 Å². The Bertz CT molecular complexity index is 1290. The van der Waals surface area contributed by atoms with Crippen LogP contribution in [0.5, 0.6) is 5.75 Å². The number of benzene rings is 2. The molecule has 0 aliphatic carbocycles. The van der Waals surface area contributed by atoms with Crippen molar-refractivity contribution in [2.75, 3.05) is 13.1 Å². The number of phenolic OH excluding ortho intramolecular Hbond substituents is 1. The second-order valence-electron chi connectivity index (χ2n) is 8.61. The van der Waals surface area contributed by atoms with Crippen molar-refractivity contribution in [3.63, 3.8) is 0 Å². The standard InChI is InChI=1S/C23H28N2O8S2/c1-16(2)14-24(34(30,31)19-8-6-5-7-9-19)22(28)21(27)23(29)25(15-17(3)4)35(32,33)20-12-10-18(26)11-13-20/h5-13,16-17,26H,14-15H2,1-4H3. The molecule has 10 nitrogen and oxygen atoms in total. The van der Waals surface area contributed by atoms with Crippen LogP contribution in [0.1, 0.15) is 27.7 Å². The number of carbonyl (C=O) groups is 3. The van der Waals surface area contributed by atoms with Crippen LogP contribution in [-0.2, 0) is 34.4 Å². The molecule has 2 aromatic carbocycles. The molecule has 0 heterocycles. The maximum atomic E-state index is 13.1. The third-order valence-electron chi connectivity index (χ3n) is 4.66. The monoisotopic (exact) mass is 524 g/mol. The summed E-state index contributed by atoms with van der Waals surface area (Å²) in [6.45, 7) is 5.61. The largest absolute Gasteiger partial charge is 0.508 e. The average Bonchev–Trinajstić information content (AvgIpc) is 2.80. The summed E-state index contributed by atoms with van der Waals surface area (Å²) in [5.41, 5.74) is 0. The van der Waals surface area contributed by atoms with E-state index in [-0.39, 0.29) is 19.8 Å². The Balaban J connectivity index is 2.50. The molecule has 2 aromatic rings. The lowest BCUT2D eigenvalue weighted by molar-refractivity contribution is -0.150. The highest BCUT2D eigenvalue weighted by molar-refractivity contribution is 7.90. The molecule has 0 aromatic heterocycles. The lowest BCUT2D eigenvalue weighted by atomic mass is 10.2. The highest BCUT2D eigenvalue weighted by atomic mass is 32.2. The molecule has 0 spiro atoms. The summed E-state index contributed by atoms with van der Waals surface area (Å²) >= 11 is 0. The first kappa shape index (κ1) is 28.0. The molecule has 0 saturated carbocycles. The number of amides is 2. The van der Waals surface area contributed by atoms with Gasteiger partial charge >= 0.3 is 17.6 Å². The first-order valence-electron chi connectivity index (χ1n) is 10.7. The van der Waals surface area contributed by atoms with Crippen LogP contribution in [0.2, 0.25) is 0 Å². The predicted molar refractivity (Wildman–Crippen MR) is 127 cm³/mol. The van der Waals surface area contributed by atoms with E-state index in [0.29, 0.717) is 4.31 Å². The second-order valence-corrected chi connectivity index (χ2v) is 12.3. The first-order chi connectivity index (χ1) is 16.2. The molecule has 2 amide bonds. The molecule has 0 aliphatic heterocycles. The molecule has 0 radical (unpaired) electrons. The minimum Gasteiger partial charge on any atom is -0.508 e. The van der Waals surface area contributed by atoms with Crippen LogP contribution < -0.4 is 0 Å². The number of carbonyl (C=O) groups excluding carboxylic acids is 3. The summed E-state index contributed by atoms with van der Waals surface area (Å²) in [6, 6.07) is 11.2. The summed E-state index contributed by atoms with van der Waals surface area (Å²) in [7, 11) is -9.10. The zero-order valence-corrected chi connectivity index (χ0v) is 21.4. The van der Waals surface area contributed by atoms with E-state index in [1.807, 2.05) is 0 Å². The predicted octanol–water partition coefficient (Wildman–Crippen LogP) is 2.01. The van der Waals surface area contributed by atoms with Gasteiger partial charge in [0, 0.05) is 13.1 Å². The Labute approximate surface area is 205 Å². The summed E-state index contributed by atoms with van der Waals surface area (Å²) in [5, 5.41) is 9.44. The number of aromatic hydroxyl groups is 1. The average molecular weight is 525 g/mol. The van der Waals surface area contributed by atoms with Gasteiger partial charge in [0.15, 0.2) is 0 Å². The number of nitrogens with zero attached hydrogens (tertiary/aromatic N) is 2. The minimum atomic E-state index is -4.60. The number of rotatable bonds is 10. The van der Waals surface area contributed by atoms with Gasteiger partial charge in [-0.2, -0.15) is 0 Å². The lowest BCUT2D eigenvalue weighted by Gasteiger charge is -2.26. The van der Waals surface area contributed by atoms with Crippen LogP contribution in [0, 0.1) is 11.8 Å². The smallest absolute Gasteiger partial charge is 0.314 e. The van der Waals surface area contributed by atoms with Crippen molar-refractivity contribution in [1.82, 2.24) is 8.61 Å². The van der Waals surface area contributed by atoms with Crippen molar-refractivity contribution in [3.05, 3.63) is 54.6 Å². The molecular formula is C23H28N2O8S2. The lowest BCUT2D eigenvalue weighted by Crippen LogP contribution is -2.51. The highest BCUT2D eigenvalue weighted by Crippen LogP contribution is 2.22. The zero-order chi connectivity index (χ0) is 26.6.